The fourth-order valence-corrected chi connectivity index (χ4v) is 3.73. The second kappa shape index (κ2) is 8.16. The number of aliphatic hydroxyl groups is 1. The van der Waals surface area contributed by atoms with Gasteiger partial charge in [-0.3, -0.25) is 0 Å². The lowest BCUT2D eigenvalue weighted by Gasteiger charge is -2.39. The Morgan fingerprint density at radius 1 is 1.14 bits per heavy atom. The van der Waals surface area contributed by atoms with Gasteiger partial charge in [0.05, 0.1) is 6.10 Å². The topological polar surface area (TPSA) is 55.8 Å². The van der Waals surface area contributed by atoms with Gasteiger partial charge >= 0.3 is 6.03 Å². The summed E-state index contributed by atoms with van der Waals surface area (Å²) in [6.07, 6.45) is 5.29. The SMILES string of the molecule is CC1CCN(C[C@H](O)CNC(=O)N2[C@@H](C)CCC[C@@H]2C)CC1. The van der Waals surface area contributed by atoms with Crippen LogP contribution in [0.4, 0.5) is 4.79 Å². The molecule has 0 bridgehead atoms. The average molecular weight is 311 g/mol. The molecule has 5 heteroatoms. The number of carbonyl (C=O) groups is 1. The van der Waals surface area contributed by atoms with Gasteiger partial charge in [0.2, 0.25) is 0 Å². The van der Waals surface area contributed by atoms with Gasteiger partial charge in [0.15, 0.2) is 0 Å². The van der Waals surface area contributed by atoms with Gasteiger partial charge in [-0.2, -0.15) is 0 Å². The maximum Gasteiger partial charge on any atom is 0.317 e. The van der Waals surface area contributed by atoms with Crippen molar-refractivity contribution in [2.24, 2.45) is 5.92 Å². The normalized spacial score (nSPS) is 29.4. The number of urea groups is 1. The van der Waals surface area contributed by atoms with E-state index in [1.165, 1.54) is 19.3 Å². The first-order valence-electron chi connectivity index (χ1n) is 8.94. The van der Waals surface area contributed by atoms with Crippen molar-refractivity contribution in [1.29, 1.82) is 0 Å². The molecule has 0 radical (unpaired) electrons. The lowest BCUT2D eigenvalue weighted by molar-refractivity contribution is 0.0851. The first kappa shape index (κ1) is 17.5. The van der Waals surface area contributed by atoms with Crippen LogP contribution in [0.2, 0.25) is 0 Å². The predicted molar refractivity (Wildman–Crippen MR) is 88.9 cm³/mol. The zero-order valence-corrected chi connectivity index (χ0v) is 14.4. The number of hydrogen-bond donors (Lipinski definition) is 2. The van der Waals surface area contributed by atoms with Crippen molar-refractivity contribution in [3.8, 4) is 0 Å². The van der Waals surface area contributed by atoms with Crippen molar-refractivity contribution in [3.63, 3.8) is 0 Å². The Bertz CT molecular complexity index is 346. The number of nitrogens with one attached hydrogen (secondary N) is 1. The van der Waals surface area contributed by atoms with Crippen LogP contribution in [-0.4, -0.2) is 65.3 Å². The van der Waals surface area contributed by atoms with Gasteiger partial charge in [0.1, 0.15) is 0 Å². The number of nitrogens with zero attached hydrogens (tertiary/aromatic N) is 2. The fraction of sp³-hybridized carbons (Fsp3) is 0.941. The minimum Gasteiger partial charge on any atom is -0.390 e. The molecule has 0 aromatic rings. The summed E-state index contributed by atoms with van der Waals surface area (Å²) in [5, 5.41) is 13.1. The highest BCUT2D eigenvalue weighted by Crippen LogP contribution is 2.22. The average Bonchev–Trinajstić information content (AvgIpc) is 2.47. The highest BCUT2D eigenvalue weighted by atomic mass is 16.3. The molecule has 22 heavy (non-hydrogen) atoms. The van der Waals surface area contributed by atoms with Gasteiger partial charge in [-0.1, -0.05) is 6.92 Å². The van der Waals surface area contributed by atoms with Crippen molar-refractivity contribution in [2.45, 2.75) is 71.1 Å². The molecule has 2 aliphatic heterocycles. The first-order chi connectivity index (χ1) is 10.5. The molecule has 0 spiro atoms. The number of amides is 2. The lowest BCUT2D eigenvalue weighted by atomic mass is 9.98. The lowest BCUT2D eigenvalue weighted by Crippen LogP contribution is -2.53. The highest BCUT2D eigenvalue weighted by molar-refractivity contribution is 5.75. The van der Waals surface area contributed by atoms with E-state index in [1.54, 1.807) is 0 Å². The number of carbonyl (C=O) groups excluding carboxylic acids is 1. The molecule has 2 rings (SSSR count). The van der Waals surface area contributed by atoms with Crippen LogP contribution in [0.5, 0.6) is 0 Å². The first-order valence-corrected chi connectivity index (χ1v) is 8.94. The zero-order valence-electron chi connectivity index (χ0n) is 14.4. The number of likely N-dealkylation sites (tertiary alicyclic amines) is 2. The summed E-state index contributed by atoms with van der Waals surface area (Å²) in [5.41, 5.74) is 0. The van der Waals surface area contributed by atoms with Crippen LogP contribution in [-0.2, 0) is 0 Å². The molecular formula is C17H33N3O2. The Morgan fingerprint density at radius 3 is 2.32 bits per heavy atom. The second-order valence-corrected chi connectivity index (χ2v) is 7.36. The summed E-state index contributed by atoms with van der Waals surface area (Å²) in [5.74, 6) is 0.801. The number of rotatable bonds is 4. The number of piperidine rings is 2. The Morgan fingerprint density at radius 2 is 1.73 bits per heavy atom. The Balaban J connectivity index is 1.71. The Labute approximate surface area is 135 Å². The molecule has 2 heterocycles. The quantitative estimate of drug-likeness (QED) is 0.835. The van der Waals surface area contributed by atoms with Crippen LogP contribution in [0.15, 0.2) is 0 Å². The Hall–Kier alpha value is -0.810. The van der Waals surface area contributed by atoms with E-state index in [9.17, 15) is 9.90 Å². The van der Waals surface area contributed by atoms with E-state index in [0.29, 0.717) is 25.2 Å². The van der Waals surface area contributed by atoms with Gasteiger partial charge in [-0.15, -0.1) is 0 Å². The maximum atomic E-state index is 12.3. The van der Waals surface area contributed by atoms with Gasteiger partial charge in [-0.25, -0.2) is 4.79 Å². The molecule has 0 aromatic carbocycles. The summed E-state index contributed by atoms with van der Waals surface area (Å²) in [4.78, 5) is 16.6. The van der Waals surface area contributed by atoms with E-state index >= 15 is 0 Å². The van der Waals surface area contributed by atoms with Crippen LogP contribution >= 0.6 is 0 Å². The molecule has 0 unspecified atom stereocenters. The number of β-amino-alcohol motifs (C(OH)–C–C–N with tert-alkyl or cyclic N) is 1. The van der Waals surface area contributed by atoms with Crippen LogP contribution in [0.3, 0.4) is 0 Å². The standard InChI is InChI=1S/C17H33N3O2/c1-13-7-9-19(10-8-13)12-16(21)11-18-17(22)20-14(2)5-4-6-15(20)3/h13-16,21H,4-12H2,1-3H3,(H,18,22)/t14-,15-,16+/m0/s1. The predicted octanol–water partition coefficient (Wildman–Crippen LogP) is 2.05. The third kappa shape index (κ3) is 4.85. The summed E-state index contributed by atoms with van der Waals surface area (Å²) in [7, 11) is 0. The maximum absolute atomic E-state index is 12.3. The van der Waals surface area contributed by atoms with E-state index in [1.807, 2.05) is 4.90 Å². The zero-order chi connectivity index (χ0) is 16.1. The highest BCUT2D eigenvalue weighted by Gasteiger charge is 2.29. The van der Waals surface area contributed by atoms with Gasteiger partial charge in [-0.05, 0) is 65.0 Å². The second-order valence-electron chi connectivity index (χ2n) is 7.36. The van der Waals surface area contributed by atoms with Gasteiger partial charge < -0.3 is 20.2 Å². The van der Waals surface area contributed by atoms with Crippen LogP contribution in [0.1, 0.15) is 52.9 Å². The number of aliphatic hydroxyl groups excluding tert-OH is 1. The van der Waals surface area contributed by atoms with E-state index in [0.717, 1.165) is 31.8 Å². The fourth-order valence-electron chi connectivity index (χ4n) is 3.73. The summed E-state index contributed by atoms with van der Waals surface area (Å²) in [6.45, 7) is 9.65. The third-order valence-corrected chi connectivity index (χ3v) is 5.26. The van der Waals surface area contributed by atoms with Crippen LogP contribution < -0.4 is 5.32 Å². The van der Waals surface area contributed by atoms with Crippen molar-refractivity contribution < 1.29 is 9.90 Å². The summed E-state index contributed by atoms with van der Waals surface area (Å²) < 4.78 is 0. The largest absolute Gasteiger partial charge is 0.390 e. The minimum absolute atomic E-state index is 0.0222. The molecule has 2 saturated heterocycles. The molecule has 2 fully saturated rings. The van der Waals surface area contributed by atoms with E-state index in [-0.39, 0.29) is 6.03 Å². The minimum atomic E-state index is -0.479. The van der Waals surface area contributed by atoms with Gasteiger partial charge in [0, 0.05) is 25.2 Å². The Kier molecular flexibility index (Phi) is 6.50. The molecule has 0 aliphatic carbocycles. The summed E-state index contributed by atoms with van der Waals surface area (Å²) >= 11 is 0. The molecule has 3 atom stereocenters. The molecule has 0 aromatic heterocycles. The summed E-state index contributed by atoms with van der Waals surface area (Å²) in [6, 6.07) is 0.569. The van der Waals surface area contributed by atoms with E-state index < -0.39 is 6.10 Å². The smallest absolute Gasteiger partial charge is 0.317 e. The molecule has 2 aliphatic rings. The van der Waals surface area contributed by atoms with Crippen LogP contribution in [0.25, 0.3) is 0 Å². The van der Waals surface area contributed by atoms with E-state index in [2.05, 4.69) is 31.0 Å². The van der Waals surface area contributed by atoms with Crippen molar-refractivity contribution >= 4 is 6.03 Å². The molecule has 128 valence electrons. The van der Waals surface area contributed by atoms with Crippen LogP contribution in [0, 0.1) is 5.92 Å². The van der Waals surface area contributed by atoms with E-state index in [4.69, 9.17) is 0 Å². The van der Waals surface area contributed by atoms with Crippen molar-refractivity contribution in [2.75, 3.05) is 26.2 Å². The molecule has 0 saturated carbocycles. The third-order valence-electron chi connectivity index (χ3n) is 5.26. The van der Waals surface area contributed by atoms with Crippen molar-refractivity contribution in [3.05, 3.63) is 0 Å². The molecular weight excluding hydrogens is 278 g/mol. The monoisotopic (exact) mass is 311 g/mol. The number of hydrogen-bond acceptors (Lipinski definition) is 3. The molecule has 2 amide bonds. The van der Waals surface area contributed by atoms with Gasteiger partial charge in [0.25, 0.3) is 0 Å². The van der Waals surface area contributed by atoms with Crippen molar-refractivity contribution in [1.82, 2.24) is 15.1 Å². The molecule has 2 N–H and O–H groups in total. The molecule has 5 nitrogen and oxygen atoms in total.